The summed E-state index contributed by atoms with van der Waals surface area (Å²) >= 11 is 0. The lowest BCUT2D eigenvalue weighted by Gasteiger charge is -2.31. The molecule has 1 aliphatic rings. The number of nitrogens with two attached hydrogens (primary N) is 1. The molecule has 0 aromatic carbocycles. The maximum atomic E-state index is 12.6. The summed E-state index contributed by atoms with van der Waals surface area (Å²) in [5.74, 6) is 0.177. The lowest BCUT2D eigenvalue weighted by Crippen LogP contribution is -2.44. The van der Waals surface area contributed by atoms with Crippen LogP contribution in [0.15, 0.2) is 18.2 Å². The van der Waals surface area contributed by atoms with Crippen LogP contribution in [-0.2, 0) is 11.3 Å². The van der Waals surface area contributed by atoms with Gasteiger partial charge in [-0.05, 0) is 31.9 Å². The molecule has 1 amide bonds. The molecular formula is C15H23N3O. The summed E-state index contributed by atoms with van der Waals surface area (Å²) in [5.41, 5.74) is 7.45. The normalized spacial score (nSPS) is 17.4. The largest absolute Gasteiger partial charge is 0.339 e. The van der Waals surface area contributed by atoms with Crippen molar-refractivity contribution in [1.82, 2.24) is 9.88 Å². The van der Waals surface area contributed by atoms with Gasteiger partial charge in [0.2, 0.25) is 5.91 Å². The van der Waals surface area contributed by atoms with Crippen LogP contribution in [0.4, 0.5) is 0 Å². The van der Waals surface area contributed by atoms with Crippen LogP contribution in [0.5, 0.6) is 0 Å². The molecule has 1 saturated carbocycles. The zero-order valence-electron chi connectivity index (χ0n) is 11.9. The second-order valence-electron chi connectivity index (χ2n) is 5.62. The Hall–Kier alpha value is -1.42. The van der Waals surface area contributed by atoms with E-state index in [-0.39, 0.29) is 11.3 Å². The molecule has 2 N–H and O–H groups in total. The van der Waals surface area contributed by atoms with Crippen molar-refractivity contribution in [2.75, 3.05) is 13.6 Å². The van der Waals surface area contributed by atoms with Crippen molar-refractivity contribution >= 4 is 5.91 Å². The van der Waals surface area contributed by atoms with Gasteiger partial charge in [-0.2, -0.15) is 0 Å². The Morgan fingerprint density at radius 3 is 2.68 bits per heavy atom. The predicted octanol–water partition coefficient (Wildman–Crippen LogP) is 1.87. The summed E-state index contributed by atoms with van der Waals surface area (Å²) in [5, 5.41) is 0. The van der Waals surface area contributed by atoms with Gasteiger partial charge in [-0.3, -0.25) is 9.78 Å². The maximum Gasteiger partial charge on any atom is 0.230 e. The minimum Gasteiger partial charge on any atom is -0.339 e. The van der Waals surface area contributed by atoms with Gasteiger partial charge >= 0.3 is 0 Å². The molecule has 19 heavy (non-hydrogen) atoms. The first kappa shape index (κ1) is 14.0. The lowest BCUT2D eigenvalue weighted by atomic mass is 9.84. The van der Waals surface area contributed by atoms with E-state index in [9.17, 15) is 4.79 Å². The number of aryl methyl sites for hydroxylation is 1. The van der Waals surface area contributed by atoms with Crippen LogP contribution >= 0.6 is 0 Å². The molecule has 0 atom stereocenters. The third-order valence-electron chi connectivity index (χ3n) is 4.10. The van der Waals surface area contributed by atoms with E-state index in [0.29, 0.717) is 13.1 Å². The fourth-order valence-electron chi connectivity index (χ4n) is 2.96. The third-order valence-corrected chi connectivity index (χ3v) is 4.10. The lowest BCUT2D eigenvalue weighted by molar-refractivity contribution is -0.140. The molecule has 1 aromatic rings. The number of hydrogen-bond donors (Lipinski definition) is 1. The summed E-state index contributed by atoms with van der Waals surface area (Å²) in [4.78, 5) is 18.8. The van der Waals surface area contributed by atoms with Gasteiger partial charge in [-0.25, -0.2) is 0 Å². The Kier molecular flexibility index (Phi) is 4.20. The monoisotopic (exact) mass is 261 g/mol. The standard InChI is InChI=1S/C15H23N3O/c1-12-6-5-7-13(17-12)10-18(2)14(19)15(11-16)8-3-4-9-15/h5-7H,3-4,8-11,16H2,1-2H3. The molecule has 4 heteroatoms. The average Bonchev–Trinajstić information content (AvgIpc) is 2.87. The zero-order valence-corrected chi connectivity index (χ0v) is 11.9. The number of nitrogens with zero attached hydrogens (tertiary/aromatic N) is 2. The smallest absolute Gasteiger partial charge is 0.230 e. The molecule has 1 aromatic heterocycles. The minimum atomic E-state index is -0.321. The van der Waals surface area contributed by atoms with Gasteiger partial charge in [-0.15, -0.1) is 0 Å². The van der Waals surface area contributed by atoms with Gasteiger partial charge < -0.3 is 10.6 Å². The highest BCUT2D eigenvalue weighted by atomic mass is 16.2. The molecule has 0 unspecified atom stereocenters. The predicted molar refractivity (Wildman–Crippen MR) is 75.4 cm³/mol. The van der Waals surface area contributed by atoms with E-state index < -0.39 is 0 Å². The molecule has 2 rings (SSSR count). The quantitative estimate of drug-likeness (QED) is 0.900. The summed E-state index contributed by atoms with van der Waals surface area (Å²) < 4.78 is 0. The molecule has 0 saturated heterocycles. The summed E-state index contributed by atoms with van der Waals surface area (Å²) in [6.07, 6.45) is 4.07. The maximum absolute atomic E-state index is 12.6. The Labute approximate surface area is 115 Å². The minimum absolute atomic E-state index is 0.177. The number of rotatable bonds is 4. The first-order valence-corrected chi connectivity index (χ1v) is 6.95. The second-order valence-corrected chi connectivity index (χ2v) is 5.62. The van der Waals surface area contributed by atoms with Crippen LogP contribution in [-0.4, -0.2) is 29.4 Å². The number of hydrogen-bond acceptors (Lipinski definition) is 3. The van der Waals surface area contributed by atoms with Gasteiger partial charge in [0.05, 0.1) is 17.7 Å². The van der Waals surface area contributed by atoms with Gasteiger partial charge in [0, 0.05) is 19.3 Å². The van der Waals surface area contributed by atoms with Crippen LogP contribution in [0.1, 0.15) is 37.1 Å². The first-order valence-electron chi connectivity index (χ1n) is 6.95. The van der Waals surface area contributed by atoms with Crippen molar-refractivity contribution in [2.24, 2.45) is 11.1 Å². The summed E-state index contributed by atoms with van der Waals surface area (Å²) in [6, 6.07) is 5.90. The van der Waals surface area contributed by atoms with E-state index >= 15 is 0 Å². The topological polar surface area (TPSA) is 59.2 Å². The molecule has 0 radical (unpaired) electrons. The molecule has 1 heterocycles. The van der Waals surface area contributed by atoms with Gasteiger partial charge in [0.25, 0.3) is 0 Å². The Morgan fingerprint density at radius 2 is 2.11 bits per heavy atom. The van der Waals surface area contributed by atoms with Gasteiger partial charge in [0.15, 0.2) is 0 Å². The first-order chi connectivity index (χ1) is 9.07. The molecule has 0 aliphatic heterocycles. The zero-order chi connectivity index (χ0) is 13.9. The van der Waals surface area contributed by atoms with Crippen LogP contribution in [0.3, 0.4) is 0 Å². The van der Waals surface area contributed by atoms with Gasteiger partial charge in [0.1, 0.15) is 0 Å². The SMILES string of the molecule is Cc1cccc(CN(C)C(=O)C2(CN)CCCC2)n1. The van der Waals surface area contributed by atoms with Crippen molar-refractivity contribution in [3.05, 3.63) is 29.6 Å². The molecular weight excluding hydrogens is 238 g/mol. The van der Waals surface area contributed by atoms with Crippen molar-refractivity contribution in [3.63, 3.8) is 0 Å². The van der Waals surface area contributed by atoms with Crippen molar-refractivity contribution in [3.8, 4) is 0 Å². The molecule has 1 fully saturated rings. The third kappa shape index (κ3) is 2.95. The summed E-state index contributed by atoms with van der Waals surface area (Å²) in [6.45, 7) is 2.98. The fraction of sp³-hybridized carbons (Fsp3) is 0.600. The molecule has 0 bridgehead atoms. The van der Waals surface area contributed by atoms with Crippen molar-refractivity contribution in [2.45, 2.75) is 39.2 Å². The summed E-state index contributed by atoms with van der Waals surface area (Å²) in [7, 11) is 1.85. The van der Waals surface area contributed by atoms with Crippen LogP contribution in [0, 0.1) is 12.3 Å². The highest BCUT2D eigenvalue weighted by Gasteiger charge is 2.41. The Balaban J connectivity index is 2.07. The number of carbonyl (C=O) groups is 1. The number of aromatic nitrogens is 1. The average molecular weight is 261 g/mol. The van der Waals surface area contributed by atoms with Gasteiger partial charge in [-0.1, -0.05) is 18.9 Å². The van der Waals surface area contributed by atoms with Crippen LogP contribution in [0.2, 0.25) is 0 Å². The second kappa shape index (κ2) is 5.70. The number of amides is 1. The van der Waals surface area contributed by atoms with Crippen molar-refractivity contribution in [1.29, 1.82) is 0 Å². The molecule has 104 valence electrons. The molecule has 4 nitrogen and oxygen atoms in total. The Morgan fingerprint density at radius 1 is 1.42 bits per heavy atom. The van der Waals surface area contributed by atoms with E-state index in [1.54, 1.807) is 4.90 Å². The fourth-order valence-corrected chi connectivity index (χ4v) is 2.96. The van der Waals surface area contributed by atoms with E-state index in [1.807, 2.05) is 32.2 Å². The highest BCUT2D eigenvalue weighted by molar-refractivity contribution is 5.83. The van der Waals surface area contributed by atoms with E-state index in [4.69, 9.17) is 5.73 Å². The van der Waals surface area contributed by atoms with Crippen LogP contribution in [0.25, 0.3) is 0 Å². The van der Waals surface area contributed by atoms with Crippen molar-refractivity contribution < 1.29 is 4.79 Å². The van der Waals surface area contributed by atoms with E-state index in [0.717, 1.165) is 37.1 Å². The number of carbonyl (C=O) groups excluding carboxylic acids is 1. The number of pyridine rings is 1. The molecule has 1 aliphatic carbocycles. The van der Waals surface area contributed by atoms with Crippen LogP contribution < -0.4 is 5.73 Å². The molecule has 0 spiro atoms. The highest BCUT2D eigenvalue weighted by Crippen LogP contribution is 2.38. The van der Waals surface area contributed by atoms with E-state index in [1.165, 1.54) is 0 Å². The Bertz CT molecular complexity index is 452. The van der Waals surface area contributed by atoms with E-state index in [2.05, 4.69) is 4.98 Å².